The number of benzene rings is 3. The van der Waals surface area contributed by atoms with Crippen LogP contribution in [0.15, 0.2) is 77.7 Å². The van der Waals surface area contributed by atoms with Gasteiger partial charge in [-0.15, -0.1) is 0 Å². The number of nitrogens with one attached hydrogen (secondary N) is 1. The number of hydrogen-bond donors (Lipinski definition) is 1. The third-order valence-electron chi connectivity index (χ3n) is 7.66. The van der Waals surface area contributed by atoms with E-state index in [1.165, 1.54) is 23.1 Å². The predicted octanol–water partition coefficient (Wildman–Crippen LogP) is 5.50. The molecule has 7 nitrogen and oxygen atoms in total. The zero-order valence-electron chi connectivity index (χ0n) is 23.8. The van der Waals surface area contributed by atoms with E-state index in [9.17, 15) is 22.4 Å². The van der Waals surface area contributed by atoms with Gasteiger partial charge in [0.2, 0.25) is 11.8 Å². The van der Waals surface area contributed by atoms with Gasteiger partial charge in [-0.2, -0.15) is 0 Å². The van der Waals surface area contributed by atoms with Gasteiger partial charge in [-0.1, -0.05) is 67.8 Å². The van der Waals surface area contributed by atoms with Crippen molar-refractivity contribution in [1.29, 1.82) is 0 Å². The molecule has 9 heteroatoms. The molecule has 1 saturated carbocycles. The first-order valence-electron chi connectivity index (χ1n) is 14.1. The first kappa shape index (κ1) is 30.2. The molecular weight excluding hydrogens is 541 g/mol. The first-order chi connectivity index (χ1) is 19.6. The highest BCUT2D eigenvalue weighted by molar-refractivity contribution is 7.92. The molecular formula is C32H38FN3O4S. The van der Waals surface area contributed by atoms with Crippen molar-refractivity contribution in [3.8, 4) is 0 Å². The third kappa shape index (κ3) is 7.33. The summed E-state index contributed by atoms with van der Waals surface area (Å²) >= 11 is 0. The fourth-order valence-electron chi connectivity index (χ4n) is 5.18. The minimum atomic E-state index is -4.16. The lowest BCUT2D eigenvalue weighted by atomic mass is 9.95. The van der Waals surface area contributed by atoms with Crippen LogP contribution in [0.4, 0.5) is 10.1 Å². The van der Waals surface area contributed by atoms with Crippen LogP contribution in [-0.2, 0) is 26.2 Å². The summed E-state index contributed by atoms with van der Waals surface area (Å²) in [6.07, 6.45) is 4.92. The number of anilines is 1. The summed E-state index contributed by atoms with van der Waals surface area (Å²) in [7, 11) is -4.16. The lowest BCUT2D eigenvalue weighted by Gasteiger charge is -2.33. The van der Waals surface area contributed by atoms with Crippen molar-refractivity contribution in [2.75, 3.05) is 10.8 Å². The summed E-state index contributed by atoms with van der Waals surface area (Å²) in [6.45, 7) is 4.49. The Morgan fingerprint density at radius 2 is 1.61 bits per heavy atom. The molecule has 1 fully saturated rings. The van der Waals surface area contributed by atoms with E-state index >= 15 is 0 Å². The van der Waals surface area contributed by atoms with E-state index in [1.54, 1.807) is 62.4 Å². The molecule has 1 atom stereocenters. The number of nitrogens with zero attached hydrogens (tertiary/aromatic N) is 2. The van der Waals surface area contributed by atoms with E-state index in [2.05, 4.69) is 5.32 Å². The van der Waals surface area contributed by atoms with Gasteiger partial charge in [-0.25, -0.2) is 12.8 Å². The molecule has 1 aliphatic carbocycles. The molecule has 1 N–H and O–H groups in total. The Hall–Kier alpha value is -3.72. The molecule has 0 radical (unpaired) electrons. The molecule has 4 rings (SSSR count). The Kier molecular flexibility index (Phi) is 9.81. The van der Waals surface area contributed by atoms with Gasteiger partial charge in [0.1, 0.15) is 18.4 Å². The summed E-state index contributed by atoms with van der Waals surface area (Å²) in [5.74, 6) is -1.46. The highest BCUT2D eigenvalue weighted by Gasteiger charge is 2.34. The average Bonchev–Trinajstić information content (AvgIpc) is 2.97. The molecule has 1 unspecified atom stereocenters. The highest BCUT2D eigenvalue weighted by Crippen LogP contribution is 2.28. The maximum Gasteiger partial charge on any atom is 0.264 e. The maximum absolute atomic E-state index is 14.7. The van der Waals surface area contributed by atoms with E-state index in [0.717, 1.165) is 42.0 Å². The van der Waals surface area contributed by atoms with Gasteiger partial charge in [0.25, 0.3) is 10.0 Å². The number of rotatable bonds is 10. The average molecular weight is 580 g/mol. The van der Waals surface area contributed by atoms with Crippen molar-refractivity contribution in [1.82, 2.24) is 10.2 Å². The van der Waals surface area contributed by atoms with Crippen LogP contribution in [0, 0.1) is 19.7 Å². The molecule has 0 saturated heterocycles. The molecule has 41 heavy (non-hydrogen) atoms. The fraction of sp³-hybridized carbons (Fsp3) is 0.375. The van der Waals surface area contributed by atoms with Crippen LogP contribution in [0.25, 0.3) is 0 Å². The van der Waals surface area contributed by atoms with E-state index in [-0.39, 0.29) is 29.0 Å². The van der Waals surface area contributed by atoms with Crippen molar-refractivity contribution in [2.24, 2.45) is 0 Å². The van der Waals surface area contributed by atoms with Gasteiger partial charge in [0, 0.05) is 18.2 Å². The summed E-state index contributed by atoms with van der Waals surface area (Å²) in [5, 5.41) is 3.05. The molecule has 0 bridgehead atoms. The SMILES string of the molecule is Cc1ccc(C)c(N(CC(=O)N(Cc2ccccc2F)C(C)C(=O)NC2CCCCC2)S(=O)(=O)c2ccccc2)c1. The van der Waals surface area contributed by atoms with Crippen LogP contribution < -0.4 is 9.62 Å². The largest absolute Gasteiger partial charge is 0.352 e. The minimum Gasteiger partial charge on any atom is -0.352 e. The summed E-state index contributed by atoms with van der Waals surface area (Å²) < 4.78 is 43.7. The lowest BCUT2D eigenvalue weighted by Crippen LogP contribution is -2.53. The number of hydrogen-bond acceptors (Lipinski definition) is 4. The Morgan fingerprint density at radius 3 is 2.29 bits per heavy atom. The van der Waals surface area contributed by atoms with Crippen LogP contribution in [-0.4, -0.2) is 43.8 Å². The van der Waals surface area contributed by atoms with Crippen molar-refractivity contribution in [2.45, 2.75) is 76.4 Å². The van der Waals surface area contributed by atoms with E-state index < -0.39 is 34.3 Å². The fourth-order valence-corrected chi connectivity index (χ4v) is 6.67. The Labute approximate surface area is 242 Å². The van der Waals surface area contributed by atoms with Crippen molar-refractivity contribution in [3.05, 3.63) is 95.3 Å². The molecule has 0 aliphatic heterocycles. The minimum absolute atomic E-state index is 0.0222. The van der Waals surface area contributed by atoms with Crippen LogP contribution in [0.1, 0.15) is 55.7 Å². The molecule has 2 amide bonds. The smallest absolute Gasteiger partial charge is 0.264 e. The number of halogens is 1. The normalized spacial score (nSPS) is 14.7. The van der Waals surface area contributed by atoms with Gasteiger partial charge >= 0.3 is 0 Å². The number of amides is 2. The maximum atomic E-state index is 14.7. The number of carbonyl (C=O) groups is 2. The second kappa shape index (κ2) is 13.3. The Morgan fingerprint density at radius 1 is 0.951 bits per heavy atom. The van der Waals surface area contributed by atoms with Gasteiger partial charge in [0.15, 0.2) is 0 Å². The van der Waals surface area contributed by atoms with E-state index in [1.807, 2.05) is 13.0 Å². The van der Waals surface area contributed by atoms with Crippen LogP contribution in [0.3, 0.4) is 0 Å². The van der Waals surface area contributed by atoms with Gasteiger partial charge < -0.3 is 10.2 Å². The van der Waals surface area contributed by atoms with Crippen LogP contribution >= 0.6 is 0 Å². The standard InChI is InChI=1S/C32H38FN3O4S/c1-23-18-19-24(2)30(20-23)36(41(39,40)28-15-8-5-9-16-28)22-31(37)35(21-26-12-10-11-17-29(26)33)25(3)32(38)34-27-13-6-4-7-14-27/h5,8-12,15-20,25,27H,4,6-7,13-14,21-22H2,1-3H3,(H,34,38). The zero-order chi connectivity index (χ0) is 29.6. The van der Waals surface area contributed by atoms with E-state index in [4.69, 9.17) is 0 Å². The molecule has 1 aliphatic rings. The first-order valence-corrected chi connectivity index (χ1v) is 15.5. The van der Waals surface area contributed by atoms with Gasteiger partial charge in [0.05, 0.1) is 10.6 Å². The predicted molar refractivity (Wildman–Crippen MR) is 158 cm³/mol. The Balaban J connectivity index is 1.71. The topological polar surface area (TPSA) is 86.8 Å². The summed E-state index contributed by atoms with van der Waals surface area (Å²) in [5.41, 5.74) is 2.11. The zero-order valence-corrected chi connectivity index (χ0v) is 24.7. The van der Waals surface area contributed by atoms with Crippen molar-refractivity contribution >= 4 is 27.5 Å². The number of sulfonamides is 1. The van der Waals surface area contributed by atoms with Crippen LogP contribution in [0.5, 0.6) is 0 Å². The third-order valence-corrected chi connectivity index (χ3v) is 9.43. The second-order valence-electron chi connectivity index (χ2n) is 10.7. The molecule has 3 aromatic carbocycles. The molecule has 0 heterocycles. The molecule has 218 valence electrons. The molecule has 3 aromatic rings. The quantitative estimate of drug-likeness (QED) is 0.344. The van der Waals surface area contributed by atoms with E-state index in [0.29, 0.717) is 11.3 Å². The lowest BCUT2D eigenvalue weighted by molar-refractivity contribution is -0.139. The van der Waals surface area contributed by atoms with Gasteiger partial charge in [-0.05, 0) is 69.0 Å². The molecule has 0 spiro atoms. The number of carbonyl (C=O) groups excluding carboxylic acids is 2. The number of aryl methyl sites for hydroxylation is 2. The van der Waals surface area contributed by atoms with Gasteiger partial charge in [-0.3, -0.25) is 13.9 Å². The monoisotopic (exact) mass is 579 g/mol. The molecule has 0 aromatic heterocycles. The Bertz CT molecular complexity index is 1470. The summed E-state index contributed by atoms with van der Waals surface area (Å²) in [6, 6.07) is 18.5. The second-order valence-corrected chi connectivity index (χ2v) is 12.6. The highest BCUT2D eigenvalue weighted by atomic mass is 32.2. The van der Waals surface area contributed by atoms with Crippen molar-refractivity contribution < 1.29 is 22.4 Å². The van der Waals surface area contributed by atoms with Crippen molar-refractivity contribution in [3.63, 3.8) is 0 Å². The summed E-state index contributed by atoms with van der Waals surface area (Å²) in [4.78, 5) is 28.8. The van der Waals surface area contributed by atoms with Crippen LogP contribution in [0.2, 0.25) is 0 Å².